The van der Waals surface area contributed by atoms with Crippen LogP contribution in [0.5, 0.6) is 5.75 Å². The van der Waals surface area contributed by atoms with E-state index in [9.17, 15) is 9.90 Å². The molecule has 0 saturated heterocycles. The summed E-state index contributed by atoms with van der Waals surface area (Å²) in [5.41, 5.74) is 1.90. The number of carbonyl (C=O) groups excluding carboxylic acids is 1. The van der Waals surface area contributed by atoms with Crippen molar-refractivity contribution in [2.24, 2.45) is 5.16 Å². The molecule has 1 heterocycles. The molecule has 1 atom stereocenters. The lowest BCUT2D eigenvalue weighted by Gasteiger charge is -2.09. The summed E-state index contributed by atoms with van der Waals surface area (Å²) in [7, 11) is 0. The van der Waals surface area contributed by atoms with Gasteiger partial charge in [0.2, 0.25) is 6.10 Å². The van der Waals surface area contributed by atoms with Crippen molar-refractivity contribution < 1.29 is 14.7 Å². The maximum absolute atomic E-state index is 12.2. The molecule has 0 aliphatic carbocycles. The van der Waals surface area contributed by atoms with Crippen molar-refractivity contribution in [1.29, 1.82) is 0 Å². The zero-order valence-corrected chi connectivity index (χ0v) is 12.2. The van der Waals surface area contributed by atoms with E-state index in [4.69, 9.17) is 16.4 Å². The molecule has 112 valence electrons. The van der Waals surface area contributed by atoms with Crippen LogP contribution in [-0.4, -0.2) is 22.8 Å². The molecule has 5 nitrogen and oxygen atoms in total. The maximum atomic E-state index is 12.2. The molecule has 1 aliphatic rings. The first kappa shape index (κ1) is 14.4. The Labute approximate surface area is 132 Å². The van der Waals surface area contributed by atoms with Gasteiger partial charge in [0.25, 0.3) is 5.91 Å². The number of hydrogen-bond acceptors (Lipinski definition) is 4. The van der Waals surface area contributed by atoms with Crippen molar-refractivity contribution >= 4 is 28.9 Å². The minimum Gasteiger partial charge on any atom is -0.508 e. The second kappa shape index (κ2) is 6.07. The van der Waals surface area contributed by atoms with Gasteiger partial charge in [-0.3, -0.25) is 4.79 Å². The Hall–Kier alpha value is -2.53. The lowest BCUT2D eigenvalue weighted by Crippen LogP contribution is -2.28. The monoisotopic (exact) mass is 316 g/mol. The minimum absolute atomic E-state index is 0.0816. The number of aromatic hydroxyl groups is 1. The molecule has 0 aromatic heterocycles. The molecule has 22 heavy (non-hydrogen) atoms. The van der Waals surface area contributed by atoms with Crippen molar-refractivity contribution in [1.82, 2.24) is 0 Å². The van der Waals surface area contributed by atoms with Gasteiger partial charge < -0.3 is 15.3 Å². The highest BCUT2D eigenvalue weighted by Gasteiger charge is 2.29. The lowest BCUT2D eigenvalue weighted by molar-refractivity contribution is -0.125. The van der Waals surface area contributed by atoms with E-state index in [0.717, 1.165) is 5.56 Å². The van der Waals surface area contributed by atoms with Gasteiger partial charge in [0.1, 0.15) is 5.75 Å². The van der Waals surface area contributed by atoms with Crippen LogP contribution < -0.4 is 5.32 Å². The molecule has 6 heteroatoms. The lowest BCUT2D eigenvalue weighted by atomic mass is 10.0. The number of phenolic OH excluding ortho intramolecular Hbond substituents is 1. The summed E-state index contributed by atoms with van der Waals surface area (Å²) in [6.45, 7) is 0. The van der Waals surface area contributed by atoms with Gasteiger partial charge >= 0.3 is 0 Å². The van der Waals surface area contributed by atoms with E-state index in [1.807, 2.05) is 18.2 Å². The SMILES string of the molecule is O=C(Nc1cccc(O)c1)C1CC(c2ccccc2Cl)=NO1. The number of hydrogen-bond donors (Lipinski definition) is 2. The molecule has 1 unspecified atom stereocenters. The summed E-state index contributed by atoms with van der Waals surface area (Å²) < 4.78 is 0. The van der Waals surface area contributed by atoms with Crippen molar-refractivity contribution in [3.8, 4) is 5.75 Å². The number of carbonyl (C=O) groups is 1. The van der Waals surface area contributed by atoms with Gasteiger partial charge in [0.15, 0.2) is 0 Å². The third-order valence-corrected chi connectivity index (χ3v) is 3.59. The molecule has 0 spiro atoms. The number of amides is 1. The summed E-state index contributed by atoms with van der Waals surface area (Å²) in [5.74, 6) is -0.241. The standard InChI is InChI=1S/C16H13ClN2O3/c17-13-7-2-1-6-12(13)14-9-15(22-19-14)16(21)18-10-4-3-5-11(20)8-10/h1-8,15,20H,9H2,(H,18,21). The molecule has 2 aromatic carbocycles. The van der Waals surface area contributed by atoms with E-state index in [-0.39, 0.29) is 11.7 Å². The summed E-state index contributed by atoms with van der Waals surface area (Å²) in [5, 5.41) is 16.6. The first-order valence-corrected chi connectivity index (χ1v) is 7.09. The normalized spacial score (nSPS) is 16.8. The van der Waals surface area contributed by atoms with Crippen LogP contribution in [0, 0.1) is 0 Å². The zero-order valence-electron chi connectivity index (χ0n) is 11.5. The molecule has 0 saturated carbocycles. The predicted molar refractivity (Wildman–Crippen MR) is 84.2 cm³/mol. The van der Waals surface area contributed by atoms with Crippen LogP contribution in [0.1, 0.15) is 12.0 Å². The van der Waals surface area contributed by atoms with Gasteiger partial charge in [0.05, 0.1) is 5.71 Å². The van der Waals surface area contributed by atoms with Crippen LogP contribution in [0.25, 0.3) is 0 Å². The smallest absolute Gasteiger partial charge is 0.268 e. The van der Waals surface area contributed by atoms with E-state index in [1.54, 1.807) is 18.2 Å². The first-order valence-electron chi connectivity index (χ1n) is 6.71. The number of oxime groups is 1. The summed E-state index contributed by atoms with van der Waals surface area (Å²) in [6, 6.07) is 13.6. The second-order valence-corrected chi connectivity index (χ2v) is 5.26. The summed E-state index contributed by atoms with van der Waals surface area (Å²) in [6.07, 6.45) is -0.373. The molecule has 1 aliphatic heterocycles. The molecule has 2 aromatic rings. The number of rotatable bonds is 3. The topological polar surface area (TPSA) is 70.9 Å². The molecule has 0 radical (unpaired) electrons. The van der Waals surface area contributed by atoms with E-state index in [2.05, 4.69) is 10.5 Å². The van der Waals surface area contributed by atoms with Crippen molar-refractivity contribution in [3.63, 3.8) is 0 Å². The van der Waals surface area contributed by atoms with Crippen LogP contribution in [0.15, 0.2) is 53.7 Å². The van der Waals surface area contributed by atoms with Crippen molar-refractivity contribution in [2.45, 2.75) is 12.5 Å². The van der Waals surface area contributed by atoms with E-state index in [1.165, 1.54) is 12.1 Å². The number of nitrogens with zero attached hydrogens (tertiary/aromatic N) is 1. The van der Waals surface area contributed by atoms with Gasteiger partial charge in [-0.1, -0.05) is 41.0 Å². The van der Waals surface area contributed by atoms with Gasteiger partial charge in [0, 0.05) is 28.8 Å². The Morgan fingerprint density at radius 2 is 2.09 bits per heavy atom. The van der Waals surface area contributed by atoms with Crippen molar-refractivity contribution in [2.75, 3.05) is 5.32 Å². The number of nitrogens with one attached hydrogen (secondary N) is 1. The van der Waals surface area contributed by atoms with Crippen LogP contribution in [-0.2, 0) is 9.63 Å². The third-order valence-electron chi connectivity index (χ3n) is 3.26. The van der Waals surface area contributed by atoms with E-state index >= 15 is 0 Å². The Morgan fingerprint density at radius 3 is 2.86 bits per heavy atom. The van der Waals surface area contributed by atoms with Crippen LogP contribution >= 0.6 is 11.6 Å². The van der Waals surface area contributed by atoms with Crippen LogP contribution in [0.3, 0.4) is 0 Å². The zero-order chi connectivity index (χ0) is 15.5. The first-order chi connectivity index (χ1) is 10.6. The average Bonchev–Trinajstić information content (AvgIpc) is 2.97. The summed E-state index contributed by atoms with van der Waals surface area (Å²) in [4.78, 5) is 17.4. The quantitative estimate of drug-likeness (QED) is 0.913. The number of benzene rings is 2. The van der Waals surface area contributed by atoms with Gasteiger partial charge in [-0.2, -0.15) is 0 Å². The van der Waals surface area contributed by atoms with Gasteiger partial charge in [-0.25, -0.2) is 0 Å². The molecule has 0 bridgehead atoms. The third kappa shape index (κ3) is 3.04. The second-order valence-electron chi connectivity index (χ2n) is 4.86. The molecule has 1 amide bonds. The van der Waals surface area contributed by atoms with Gasteiger partial charge in [-0.05, 0) is 18.2 Å². The van der Waals surface area contributed by atoms with E-state index < -0.39 is 6.10 Å². The Kier molecular flexibility index (Phi) is 3.98. The van der Waals surface area contributed by atoms with Crippen molar-refractivity contribution in [3.05, 3.63) is 59.1 Å². The molecule has 3 rings (SSSR count). The maximum Gasteiger partial charge on any atom is 0.268 e. The van der Waals surface area contributed by atoms with Crippen LogP contribution in [0.2, 0.25) is 5.02 Å². The fourth-order valence-electron chi connectivity index (χ4n) is 2.18. The predicted octanol–water partition coefficient (Wildman–Crippen LogP) is 3.18. The highest BCUT2D eigenvalue weighted by molar-refractivity contribution is 6.34. The number of phenols is 1. The number of halogens is 1. The Balaban J connectivity index is 1.67. The fraction of sp³-hybridized carbons (Fsp3) is 0.125. The largest absolute Gasteiger partial charge is 0.508 e. The minimum atomic E-state index is -0.714. The molecule has 2 N–H and O–H groups in total. The Bertz CT molecular complexity index is 746. The highest BCUT2D eigenvalue weighted by atomic mass is 35.5. The van der Waals surface area contributed by atoms with Crippen LogP contribution in [0.4, 0.5) is 5.69 Å². The molecule has 0 fully saturated rings. The fourth-order valence-corrected chi connectivity index (χ4v) is 2.42. The number of anilines is 1. The van der Waals surface area contributed by atoms with E-state index in [0.29, 0.717) is 22.8 Å². The summed E-state index contributed by atoms with van der Waals surface area (Å²) >= 11 is 6.11. The molecular formula is C16H13ClN2O3. The average molecular weight is 317 g/mol. The highest BCUT2D eigenvalue weighted by Crippen LogP contribution is 2.24. The molecular weight excluding hydrogens is 304 g/mol. The Morgan fingerprint density at radius 1 is 1.27 bits per heavy atom. The van der Waals surface area contributed by atoms with Gasteiger partial charge in [-0.15, -0.1) is 0 Å².